The summed E-state index contributed by atoms with van der Waals surface area (Å²) in [5.74, 6) is -0.823. The third kappa shape index (κ3) is 6.14. The average Bonchev–Trinajstić information content (AvgIpc) is 3.11. The van der Waals surface area contributed by atoms with E-state index in [4.69, 9.17) is 9.47 Å². The van der Waals surface area contributed by atoms with Crippen molar-refractivity contribution in [1.82, 2.24) is 4.98 Å². The third-order valence-corrected chi connectivity index (χ3v) is 4.74. The standard InChI is InChI=1S/C18H22N2O5S2/c1-10(2)24-13-6-12(16(21)20-18-19-4-5-27-18)7-14(8-13)25-15(17(22)23)11(3)9-26/h4-8,10-11,15,26H,9H2,1-3H3,(H,22,23)(H,19,20,21). The molecule has 2 rings (SSSR count). The number of anilines is 1. The number of hydrogen-bond acceptors (Lipinski definition) is 7. The predicted octanol–water partition coefficient (Wildman–Crippen LogP) is 3.58. The van der Waals surface area contributed by atoms with Gasteiger partial charge in [0.2, 0.25) is 0 Å². The van der Waals surface area contributed by atoms with Crippen LogP contribution in [0.25, 0.3) is 0 Å². The lowest BCUT2D eigenvalue weighted by Crippen LogP contribution is -2.34. The maximum absolute atomic E-state index is 12.5. The van der Waals surface area contributed by atoms with E-state index in [1.54, 1.807) is 30.6 Å². The Balaban J connectivity index is 2.32. The molecule has 0 aliphatic heterocycles. The molecule has 0 aliphatic carbocycles. The Morgan fingerprint density at radius 3 is 2.41 bits per heavy atom. The van der Waals surface area contributed by atoms with Crippen LogP contribution in [0, 0.1) is 5.92 Å². The molecule has 27 heavy (non-hydrogen) atoms. The van der Waals surface area contributed by atoms with E-state index in [9.17, 15) is 14.7 Å². The van der Waals surface area contributed by atoms with Gasteiger partial charge in [-0.15, -0.1) is 11.3 Å². The maximum Gasteiger partial charge on any atom is 0.345 e. The summed E-state index contributed by atoms with van der Waals surface area (Å²) in [6.45, 7) is 5.44. The highest BCUT2D eigenvalue weighted by molar-refractivity contribution is 7.80. The molecule has 1 aromatic heterocycles. The van der Waals surface area contributed by atoms with Gasteiger partial charge in [-0.05, 0) is 31.7 Å². The van der Waals surface area contributed by atoms with Gasteiger partial charge in [-0.3, -0.25) is 10.1 Å². The van der Waals surface area contributed by atoms with Gasteiger partial charge >= 0.3 is 5.97 Å². The summed E-state index contributed by atoms with van der Waals surface area (Å²) < 4.78 is 11.3. The average molecular weight is 411 g/mol. The third-order valence-electron chi connectivity index (χ3n) is 3.48. The summed E-state index contributed by atoms with van der Waals surface area (Å²) >= 11 is 5.44. The number of carbonyl (C=O) groups is 2. The largest absolute Gasteiger partial charge is 0.491 e. The summed E-state index contributed by atoms with van der Waals surface area (Å²) in [4.78, 5) is 28.1. The molecule has 1 heterocycles. The molecule has 2 aromatic rings. The summed E-state index contributed by atoms with van der Waals surface area (Å²) in [5, 5.41) is 14.3. The fourth-order valence-electron chi connectivity index (χ4n) is 2.22. The van der Waals surface area contributed by atoms with Crippen molar-refractivity contribution in [1.29, 1.82) is 0 Å². The van der Waals surface area contributed by atoms with E-state index < -0.39 is 18.0 Å². The van der Waals surface area contributed by atoms with Gasteiger partial charge in [-0.25, -0.2) is 9.78 Å². The molecule has 0 saturated heterocycles. The second kappa shape index (κ2) is 9.61. The number of hydrogen-bond donors (Lipinski definition) is 3. The zero-order valence-corrected chi connectivity index (χ0v) is 16.9. The Morgan fingerprint density at radius 1 is 1.22 bits per heavy atom. The van der Waals surface area contributed by atoms with Crippen LogP contribution in [0.15, 0.2) is 29.8 Å². The summed E-state index contributed by atoms with van der Waals surface area (Å²) in [7, 11) is 0. The number of aromatic nitrogens is 1. The fraction of sp³-hybridized carbons (Fsp3) is 0.389. The second-order valence-electron chi connectivity index (χ2n) is 6.19. The van der Waals surface area contributed by atoms with Crippen LogP contribution >= 0.6 is 24.0 Å². The molecule has 0 saturated carbocycles. The van der Waals surface area contributed by atoms with Crippen LogP contribution in [0.1, 0.15) is 31.1 Å². The minimum absolute atomic E-state index is 0.123. The Labute approximate surface area is 167 Å². The van der Waals surface area contributed by atoms with Crippen molar-refractivity contribution in [2.24, 2.45) is 5.92 Å². The van der Waals surface area contributed by atoms with Crippen LogP contribution in [0.2, 0.25) is 0 Å². The fourth-order valence-corrected chi connectivity index (χ4v) is 2.93. The first-order valence-corrected chi connectivity index (χ1v) is 9.84. The van der Waals surface area contributed by atoms with Crippen LogP contribution in [0.5, 0.6) is 11.5 Å². The van der Waals surface area contributed by atoms with Crippen molar-refractivity contribution in [3.8, 4) is 11.5 Å². The monoisotopic (exact) mass is 410 g/mol. The maximum atomic E-state index is 12.5. The number of nitrogens with one attached hydrogen (secondary N) is 1. The van der Waals surface area contributed by atoms with Gasteiger partial charge < -0.3 is 14.6 Å². The molecule has 146 valence electrons. The number of nitrogens with zero attached hydrogens (tertiary/aromatic N) is 1. The lowest BCUT2D eigenvalue weighted by atomic mass is 10.1. The highest BCUT2D eigenvalue weighted by atomic mass is 32.1. The SMILES string of the molecule is CC(C)Oc1cc(OC(C(=O)O)C(C)CS)cc(C(=O)Nc2nccs2)c1. The van der Waals surface area contributed by atoms with Crippen LogP contribution in [0.3, 0.4) is 0 Å². The highest BCUT2D eigenvalue weighted by Crippen LogP contribution is 2.27. The zero-order chi connectivity index (χ0) is 20.0. The number of amides is 1. The normalized spacial score (nSPS) is 13.1. The van der Waals surface area contributed by atoms with Crippen molar-refractivity contribution in [2.45, 2.75) is 33.0 Å². The number of thiazole rings is 1. The lowest BCUT2D eigenvalue weighted by molar-refractivity contribution is -0.147. The molecule has 1 aromatic carbocycles. The van der Waals surface area contributed by atoms with Gasteiger partial charge in [0.25, 0.3) is 5.91 Å². The Morgan fingerprint density at radius 2 is 1.89 bits per heavy atom. The first kappa shape index (κ1) is 21.0. The first-order chi connectivity index (χ1) is 12.8. The van der Waals surface area contributed by atoms with Crippen LogP contribution < -0.4 is 14.8 Å². The molecule has 1 amide bonds. The van der Waals surface area contributed by atoms with E-state index in [0.29, 0.717) is 16.6 Å². The first-order valence-electron chi connectivity index (χ1n) is 8.33. The van der Waals surface area contributed by atoms with Gasteiger partial charge in [0.1, 0.15) is 11.5 Å². The van der Waals surface area contributed by atoms with E-state index in [-0.39, 0.29) is 23.3 Å². The number of aliphatic carboxylic acids is 1. The molecule has 2 N–H and O–H groups in total. The molecular weight excluding hydrogens is 388 g/mol. The second-order valence-corrected chi connectivity index (χ2v) is 7.45. The number of benzene rings is 1. The number of rotatable bonds is 9. The molecule has 0 radical (unpaired) electrons. The van der Waals surface area contributed by atoms with E-state index in [0.717, 1.165) is 0 Å². The van der Waals surface area contributed by atoms with E-state index in [1.165, 1.54) is 17.4 Å². The van der Waals surface area contributed by atoms with E-state index in [1.807, 2.05) is 13.8 Å². The Bertz CT molecular complexity index is 780. The number of carboxylic acids is 1. The molecule has 0 fully saturated rings. The molecule has 2 unspecified atom stereocenters. The quantitative estimate of drug-likeness (QED) is 0.547. The molecular formula is C18H22N2O5S2. The number of carboxylic acid groups (broad SMARTS) is 1. The summed E-state index contributed by atoms with van der Waals surface area (Å²) in [6.07, 6.45) is 0.372. The minimum Gasteiger partial charge on any atom is -0.491 e. The van der Waals surface area contributed by atoms with Crippen molar-refractivity contribution in [2.75, 3.05) is 11.1 Å². The molecule has 0 aliphatic rings. The summed E-state index contributed by atoms with van der Waals surface area (Å²) in [6, 6.07) is 4.63. The van der Waals surface area contributed by atoms with Gasteiger partial charge in [0.05, 0.1) is 6.10 Å². The van der Waals surface area contributed by atoms with E-state index in [2.05, 4.69) is 22.9 Å². The van der Waals surface area contributed by atoms with Crippen molar-refractivity contribution in [3.63, 3.8) is 0 Å². The predicted molar refractivity (Wildman–Crippen MR) is 107 cm³/mol. The Kier molecular flexibility index (Phi) is 7.49. The van der Waals surface area contributed by atoms with E-state index >= 15 is 0 Å². The molecule has 0 bridgehead atoms. The van der Waals surface area contributed by atoms with Crippen LogP contribution in [0.4, 0.5) is 5.13 Å². The summed E-state index contributed by atoms with van der Waals surface area (Å²) in [5.41, 5.74) is 0.279. The lowest BCUT2D eigenvalue weighted by Gasteiger charge is -2.21. The number of carbonyl (C=O) groups excluding carboxylic acids is 1. The molecule has 7 nitrogen and oxygen atoms in total. The molecule has 9 heteroatoms. The topological polar surface area (TPSA) is 97.8 Å². The number of thiol groups is 1. The van der Waals surface area contributed by atoms with Gasteiger partial charge in [0, 0.05) is 29.1 Å². The van der Waals surface area contributed by atoms with Crippen molar-refractivity contribution >= 4 is 41.0 Å². The van der Waals surface area contributed by atoms with Crippen LogP contribution in [-0.2, 0) is 4.79 Å². The van der Waals surface area contributed by atoms with Crippen molar-refractivity contribution < 1.29 is 24.2 Å². The van der Waals surface area contributed by atoms with Gasteiger partial charge in [-0.1, -0.05) is 6.92 Å². The zero-order valence-electron chi connectivity index (χ0n) is 15.2. The minimum atomic E-state index is -1.10. The van der Waals surface area contributed by atoms with Gasteiger partial charge in [0.15, 0.2) is 11.2 Å². The molecule has 2 atom stereocenters. The Hall–Kier alpha value is -2.26. The smallest absolute Gasteiger partial charge is 0.345 e. The highest BCUT2D eigenvalue weighted by Gasteiger charge is 2.26. The van der Waals surface area contributed by atoms with Crippen molar-refractivity contribution in [3.05, 3.63) is 35.3 Å². The van der Waals surface area contributed by atoms with Crippen LogP contribution in [-0.4, -0.2) is 39.9 Å². The van der Waals surface area contributed by atoms with Gasteiger partial charge in [-0.2, -0.15) is 12.6 Å². The molecule has 0 spiro atoms. The number of ether oxygens (including phenoxy) is 2.